The molecule has 0 aromatic heterocycles. The second kappa shape index (κ2) is 7.95. The van der Waals surface area contributed by atoms with Crippen molar-refractivity contribution in [2.75, 3.05) is 17.2 Å². The lowest BCUT2D eigenvalue weighted by molar-refractivity contribution is -0.121. The van der Waals surface area contributed by atoms with E-state index in [2.05, 4.69) is 15.5 Å². The Morgan fingerprint density at radius 3 is 2.40 bits per heavy atom. The highest BCUT2D eigenvalue weighted by molar-refractivity contribution is 5.98. The molecule has 4 fully saturated rings. The van der Waals surface area contributed by atoms with Crippen LogP contribution < -0.4 is 21.3 Å². The topological polar surface area (TPSA) is 87.5 Å². The van der Waals surface area contributed by atoms with E-state index in [1.807, 2.05) is 25.1 Å². The number of nitrogens with zero attached hydrogens (tertiary/aromatic N) is 1. The predicted octanol–water partition coefficient (Wildman–Crippen LogP) is 3.63. The van der Waals surface area contributed by atoms with Gasteiger partial charge >= 0.3 is 6.03 Å². The van der Waals surface area contributed by atoms with Gasteiger partial charge in [0.15, 0.2) is 0 Å². The highest BCUT2D eigenvalue weighted by atomic mass is 35.5. The van der Waals surface area contributed by atoms with E-state index >= 15 is 0 Å². The summed E-state index contributed by atoms with van der Waals surface area (Å²) >= 11 is 0. The highest BCUT2D eigenvalue weighted by Gasteiger charge is 2.51. The van der Waals surface area contributed by atoms with Crippen LogP contribution in [0.1, 0.15) is 57.4 Å². The molecular formula is C23H33ClN4O2. The molecule has 7 heteroatoms. The lowest BCUT2D eigenvalue weighted by atomic mass is 9.53. The maximum absolute atomic E-state index is 12.9. The Hall–Kier alpha value is -1.95. The number of nitrogens with one attached hydrogen (secondary N) is 2. The molecule has 4 bridgehead atoms. The molecule has 0 saturated heterocycles. The van der Waals surface area contributed by atoms with Gasteiger partial charge in [0.1, 0.15) is 6.04 Å². The average Bonchev–Trinajstić information content (AvgIpc) is 2.65. The first-order valence-electron chi connectivity index (χ1n) is 11.2. The van der Waals surface area contributed by atoms with Crippen LogP contribution in [0.5, 0.6) is 0 Å². The van der Waals surface area contributed by atoms with Crippen LogP contribution >= 0.6 is 12.4 Å². The van der Waals surface area contributed by atoms with Gasteiger partial charge in [-0.15, -0.1) is 12.4 Å². The Bertz CT molecular complexity index is 807. The zero-order valence-electron chi connectivity index (χ0n) is 17.7. The van der Waals surface area contributed by atoms with Gasteiger partial charge in [-0.1, -0.05) is 6.07 Å². The van der Waals surface area contributed by atoms with Crippen molar-refractivity contribution in [2.24, 2.45) is 17.8 Å². The summed E-state index contributed by atoms with van der Waals surface area (Å²) < 4.78 is 0. The Kier molecular flexibility index (Phi) is 5.64. The summed E-state index contributed by atoms with van der Waals surface area (Å²) in [5.74, 6) is 2.02. The van der Waals surface area contributed by atoms with E-state index in [0.29, 0.717) is 0 Å². The molecule has 1 aliphatic heterocycles. The quantitative estimate of drug-likeness (QED) is 0.636. The maximum Gasteiger partial charge on any atom is 0.321 e. The van der Waals surface area contributed by atoms with Crippen LogP contribution in [0.4, 0.5) is 16.2 Å². The van der Waals surface area contributed by atoms with E-state index in [0.717, 1.165) is 73.3 Å². The lowest BCUT2D eigenvalue weighted by Gasteiger charge is -2.56. The first-order chi connectivity index (χ1) is 13.9. The number of imide groups is 1. The number of hydrogen-bond acceptors (Lipinski definition) is 4. The number of benzene rings is 1. The Morgan fingerprint density at radius 2 is 1.77 bits per heavy atom. The average molecular weight is 433 g/mol. The highest BCUT2D eigenvalue weighted by Crippen LogP contribution is 2.55. The second-order valence-corrected chi connectivity index (χ2v) is 9.96. The van der Waals surface area contributed by atoms with Crippen LogP contribution in [-0.4, -0.2) is 30.1 Å². The number of urea groups is 1. The van der Waals surface area contributed by atoms with Gasteiger partial charge in [0.25, 0.3) is 0 Å². The van der Waals surface area contributed by atoms with Gasteiger partial charge in [-0.05, 0) is 93.7 Å². The molecule has 164 valence electrons. The molecular weight excluding hydrogens is 400 g/mol. The molecule has 1 heterocycles. The summed E-state index contributed by atoms with van der Waals surface area (Å²) in [6.07, 6.45) is 9.11. The number of halogens is 1. The van der Waals surface area contributed by atoms with Crippen LogP contribution in [0.25, 0.3) is 0 Å². The minimum Gasteiger partial charge on any atom is -0.398 e. The third-order valence-electron chi connectivity index (χ3n) is 7.82. The van der Waals surface area contributed by atoms with Crippen molar-refractivity contribution in [3.63, 3.8) is 0 Å². The van der Waals surface area contributed by atoms with Crippen molar-refractivity contribution in [2.45, 2.75) is 69.9 Å². The van der Waals surface area contributed by atoms with E-state index in [1.165, 1.54) is 19.3 Å². The molecule has 1 atom stereocenters. The number of amides is 3. The van der Waals surface area contributed by atoms with E-state index in [9.17, 15) is 9.59 Å². The van der Waals surface area contributed by atoms with Crippen LogP contribution in [0, 0.1) is 17.8 Å². The van der Waals surface area contributed by atoms with E-state index in [1.54, 1.807) is 0 Å². The smallest absolute Gasteiger partial charge is 0.321 e. The first kappa shape index (κ1) is 21.3. The van der Waals surface area contributed by atoms with Crippen LogP contribution in [0.2, 0.25) is 0 Å². The number of fused-ring (bicyclic) bond motifs is 1. The number of nitrogen functional groups attached to an aromatic ring is 1. The van der Waals surface area contributed by atoms with Crippen molar-refractivity contribution in [1.82, 2.24) is 10.6 Å². The third-order valence-corrected chi connectivity index (χ3v) is 7.82. The fourth-order valence-electron chi connectivity index (χ4n) is 6.98. The lowest BCUT2D eigenvalue weighted by Crippen LogP contribution is -2.62. The van der Waals surface area contributed by atoms with Gasteiger partial charge in [0.05, 0.1) is 0 Å². The Labute approximate surface area is 184 Å². The van der Waals surface area contributed by atoms with Gasteiger partial charge in [-0.3, -0.25) is 10.1 Å². The summed E-state index contributed by atoms with van der Waals surface area (Å²) in [4.78, 5) is 27.7. The van der Waals surface area contributed by atoms with Crippen LogP contribution in [0.3, 0.4) is 0 Å². The minimum absolute atomic E-state index is 0. The van der Waals surface area contributed by atoms with Crippen molar-refractivity contribution in [3.05, 3.63) is 23.8 Å². The zero-order valence-corrected chi connectivity index (χ0v) is 18.5. The number of anilines is 2. The Balaban J connectivity index is 0.00000218. The molecule has 6 rings (SSSR count). The van der Waals surface area contributed by atoms with Gasteiger partial charge in [-0.25, -0.2) is 4.79 Å². The summed E-state index contributed by atoms with van der Waals surface area (Å²) in [6, 6.07) is 5.11. The molecule has 0 radical (unpaired) electrons. The van der Waals surface area contributed by atoms with Gasteiger partial charge in [-0.2, -0.15) is 0 Å². The maximum atomic E-state index is 12.9. The summed E-state index contributed by atoms with van der Waals surface area (Å²) in [5.41, 5.74) is 8.95. The third kappa shape index (κ3) is 3.75. The number of rotatable bonds is 3. The molecule has 1 aromatic rings. The van der Waals surface area contributed by atoms with Crippen LogP contribution in [0.15, 0.2) is 18.2 Å². The molecule has 4 N–H and O–H groups in total. The number of nitrogens with two attached hydrogens (primary N) is 1. The van der Waals surface area contributed by atoms with Crippen molar-refractivity contribution in [1.29, 1.82) is 0 Å². The summed E-state index contributed by atoms with van der Waals surface area (Å²) in [7, 11) is 0. The second-order valence-electron chi connectivity index (χ2n) is 9.96. The van der Waals surface area contributed by atoms with E-state index in [4.69, 9.17) is 5.73 Å². The van der Waals surface area contributed by atoms with E-state index in [-0.39, 0.29) is 29.9 Å². The molecule has 5 aliphatic rings. The van der Waals surface area contributed by atoms with E-state index < -0.39 is 6.04 Å². The number of hydrogen-bond donors (Lipinski definition) is 3. The number of carbonyl (C=O) groups is 2. The standard InChI is InChI=1S/C23H32N4O2.ClH/c1-14(27-7-3-4-18-19(24)5-2-6-20(18)27)21(28)25-22(29)26-23-11-15-8-16(12-23)10-17(9-15)13-23;/h2,5-6,14-17H,3-4,7-13,24H2,1H3,(H2,25,26,28,29);1H. The first-order valence-corrected chi connectivity index (χ1v) is 11.2. The van der Waals surface area contributed by atoms with Crippen molar-refractivity contribution >= 4 is 35.7 Å². The summed E-state index contributed by atoms with van der Waals surface area (Å²) in [5, 5.41) is 5.87. The molecule has 0 spiro atoms. The summed E-state index contributed by atoms with van der Waals surface area (Å²) in [6.45, 7) is 2.66. The SMILES string of the molecule is CC(C(=O)NC(=O)NC12CC3CC(CC(C3)C1)C2)N1CCCc2c(N)cccc21.Cl. The van der Waals surface area contributed by atoms with Gasteiger partial charge < -0.3 is 16.0 Å². The molecule has 1 aromatic carbocycles. The fourth-order valence-corrected chi connectivity index (χ4v) is 6.98. The zero-order chi connectivity index (χ0) is 20.2. The number of carbonyl (C=O) groups excluding carboxylic acids is 2. The molecule has 4 saturated carbocycles. The molecule has 1 unspecified atom stereocenters. The van der Waals surface area contributed by atoms with Crippen LogP contribution in [-0.2, 0) is 11.2 Å². The molecule has 6 nitrogen and oxygen atoms in total. The monoisotopic (exact) mass is 432 g/mol. The van der Waals surface area contributed by atoms with Crippen molar-refractivity contribution in [3.8, 4) is 0 Å². The van der Waals surface area contributed by atoms with Gasteiger partial charge in [0.2, 0.25) is 5.91 Å². The fraction of sp³-hybridized carbons (Fsp3) is 0.652. The predicted molar refractivity (Wildman–Crippen MR) is 121 cm³/mol. The molecule has 3 amide bonds. The largest absolute Gasteiger partial charge is 0.398 e. The molecule has 30 heavy (non-hydrogen) atoms. The minimum atomic E-state index is -0.419. The molecule has 4 aliphatic carbocycles. The van der Waals surface area contributed by atoms with Crippen molar-refractivity contribution < 1.29 is 9.59 Å². The Morgan fingerprint density at radius 1 is 1.13 bits per heavy atom. The van der Waals surface area contributed by atoms with Gasteiger partial charge in [0, 0.05) is 23.5 Å². The normalized spacial score (nSPS) is 32.0.